The number of amides is 1. The molecule has 0 heterocycles. The second-order valence-corrected chi connectivity index (χ2v) is 7.06. The number of hydrogen-bond donors (Lipinski definition) is 1. The molecule has 2 unspecified atom stereocenters. The predicted molar refractivity (Wildman–Crippen MR) is 81.2 cm³/mol. The van der Waals surface area contributed by atoms with Crippen LogP contribution < -0.4 is 5.32 Å². The zero-order valence-electron chi connectivity index (χ0n) is 16.3. The minimum atomic E-state index is -6.93. The topological polar surface area (TPSA) is 73.9 Å². The van der Waals surface area contributed by atoms with E-state index in [0.29, 0.717) is 6.92 Å². The number of methoxy groups -OCH3 is 1. The van der Waals surface area contributed by atoms with E-state index in [9.17, 15) is 49.1 Å². The van der Waals surface area contributed by atoms with E-state index in [1.54, 1.807) is 5.32 Å². The molecule has 0 bridgehead atoms. The molecule has 0 spiro atoms. The van der Waals surface area contributed by atoms with Crippen LogP contribution in [-0.4, -0.2) is 61.0 Å². The molecule has 0 radical (unpaired) electrons. The van der Waals surface area contributed by atoms with E-state index in [2.05, 4.69) is 9.47 Å². The summed E-state index contributed by atoms with van der Waals surface area (Å²) in [6, 6.07) is -1.97. The van der Waals surface area contributed by atoms with Gasteiger partial charge in [0.1, 0.15) is 11.6 Å². The lowest BCUT2D eigenvalue weighted by atomic mass is 10.00. The van der Waals surface area contributed by atoms with Gasteiger partial charge < -0.3 is 19.5 Å². The molecule has 0 aliphatic heterocycles. The maximum atomic E-state index is 12.9. The molecule has 0 aromatic carbocycles. The van der Waals surface area contributed by atoms with Crippen LogP contribution in [-0.2, 0) is 19.0 Å². The number of esters is 1. The van der Waals surface area contributed by atoms with Crippen LogP contribution in [0.25, 0.3) is 0 Å². The van der Waals surface area contributed by atoms with Gasteiger partial charge in [0.25, 0.3) is 0 Å². The van der Waals surface area contributed by atoms with Crippen LogP contribution in [0, 0.1) is 0 Å². The lowest BCUT2D eigenvalue weighted by molar-refractivity contribution is -0.464. The van der Waals surface area contributed by atoms with Crippen molar-refractivity contribution >= 4 is 12.1 Å². The monoisotopic (exact) mass is 465 g/mol. The summed E-state index contributed by atoms with van der Waals surface area (Å²) in [7, 11) is 0.767. The van der Waals surface area contributed by atoms with Crippen LogP contribution in [0.15, 0.2) is 0 Å². The average Bonchev–Trinajstić information content (AvgIpc) is 2.45. The van der Waals surface area contributed by atoms with E-state index < -0.39 is 60.4 Å². The maximum absolute atomic E-state index is 12.9. The fraction of sp³-hybridized carbons (Fsp3) is 0.867. The number of halogens is 9. The van der Waals surface area contributed by atoms with Gasteiger partial charge in [-0.05, 0) is 27.7 Å². The van der Waals surface area contributed by atoms with Crippen molar-refractivity contribution in [1.29, 1.82) is 0 Å². The third kappa shape index (κ3) is 6.80. The second-order valence-electron chi connectivity index (χ2n) is 7.06. The van der Waals surface area contributed by atoms with Crippen molar-refractivity contribution in [3.05, 3.63) is 0 Å². The summed E-state index contributed by atoms with van der Waals surface area (Å²) in [6.45, 7) is 4.63. The first-order valence-corrected chi connectivity index (χ1v) is 8.04. The number of ether oxygens (including phenoxy) is 3. The lowest BCUT2D eigenvalue weighted by Gasteiger charge is -2.40. The van der Waals surface area contributed by atoms with Crippen molar-refractivity contribution in [3.63, 3.8) is 0 Å². The van der Waals surface area contributed by atoms with E-state index in [1.807, 2.05) is 0 Å². The van der Waals surface area contributed by atoms with Gasteiger partial charge in [0, 0.05) is 6.42 Å². The highest BCUT2D eigenvalue weighted by Crippen LogP contribution is 2.55. The highest BCUT2D eigenvalue weighted by molar-refractivity contribution is 5.81. The van der Waals surface area contributed by atoms with Crippen LogP contribution >= 0.6 is 0 Å². The second kappa shape index (κ2) is 9.06. The summed E-state index contributed by atoms with van der Waals surface area (Å²) < 4.78 is 129. The number of nitrogens with one attached hydrogen (secondary N) is 1. The SMILES string of the molecule is COC(=O)C(CC(C)OC(C(F)(F)F)(C(F)(F)F)C(F)(F)F)NC(=O)OC(C)(C)C. The van der Waals surface area contributed by atoms with Gasteiger partial charge in [-0.1, -0.05) is 0 Å². The lowest BCUT2D eigenvalue weighted by Crippen LogP contribution is -2.68. The van der Waals surface area contributed by atoms with Gasteiger partial charge in [0.15, 0.2) is 0 Å². The number of alkyl carbamates (subject to hydrolysis) is 1. The Balaban J connectivity index is 5.84. The van der Waals surface area contributed by atoms with E-state index in [1.165, 1.54) is 20.8 Å². The third-order valence-corrected chi connectivity index (χ3v) is 3.32. The first-order valence-electron chi connectivity index (χ1n) is 8.04. The number of carbonyl (C=O) groups is 2. The highest BCUT2D eigenvalue weighted by atomic mass is 19.4. The molecule has 6 nitrogen and oxygen atoms in total. The Morgan fingerprint density at radius 1 is 0.867 bits per heavy atom. The van der Waals surface area contributed by atoms with Crippen molar-refractivity contribution in [2.45, 2.75) is 76.0 Å². The van der Waals surface area contributed by atoms with Crippen molar-refractivity contribution in [2.24, 2.45) is 0 Å². The molecule has 0 saturated carbocycles. The fourth-order valence-corrected chi connectivity index (χ4v) is 2.17. The van der Waals surface area contributed by atoms with Gasteiger partial charge in [-0.3, -0.25) is 0 Å². The third-order valence-electron chi connectivity index (χ3n) is 3.32. The van der Waals surface area contributed by atoms with Gasteiger partial charge in [0.2, 0.25) is 0 Å². The van der Waals surface area contributed by atoms with E-state index in [-0.39, 0.29) is 0 Å². The molecule has 0 rings (SSSR count). The number of rotatable bonds is 6. The molecule has 178 valence electrons. The summed E-state index contributed by atoms with van der Waals surface area (Å²) in [5.41, 5.74) is -7.62. The van der Waals surface area contributed by atoms with Crippen molar-refractivity contribution in [2.75, 3.05) is 7.11 Å². The van der Waals surface area contributed by atoms with Gasteiger partial charge in [-0.25, -0.2) is 9.59 Å². The molecular weight excluding hydrogens is 445 g/mol. The molecule has 0 saturated heterocycles. The summed E-state index contributed by atoms with van der Waals surface area (Å²) in [5.74, 6) is -1.37. The number of alkyl halides is 9. The Morgan fingerprint density at radius 2 is 1.27 bits per heavy atom. The van der Waals surface area contributed by atoms with Gasteiger partial charge in [0.05, 0.1) is 13.2 Å². The first kappa shape index (κ1) is 28.1. The highest BCUT2D eigenvalue weighted by Gasteiger charge is 2.85. The van der Waals surface area contributed by atoms with E-state index in [4.69, 9.17) is 4.74 Å². The largest absolute Gasteiger partial charge is 0.467 e. The average molecular weight is 465 g/mol. The Morgan fingerprint density at radius 3 is 1.57 bits per heavy atom. The van der Waals surface area contributed by atoms with Gasteiger partial charge in [-0.15, -0.1) is 0 Å². The van der Waals surface area contributed by atoms with Crippen LogP contribution in [0.4, 0.5) is 44.3 Å². The van der Waals surface area contributed by atoms with E-state index in [0.717, 1.165) is 7.11 Å². The summed E-state index contributed by atoms with van der Waals surface area (Å²) in [6.07, 6.45) is -25.8. The molecule has 2 atom stereocenters. The minimum absolute atomic E-state index is 0.435. The maximum Gasteiger partial charge on any atom is 0.435 e. The molecule has 0 aromatic heterocycles. The molecule has 15 heteroatoms. The summed E-state index contributed by atoms with van der Waals surface area (Å²) in [5, 5.41) is 1.80. The molecule has 1 N–H and O–H groups in total. The van der Waals surface area contributed by atoms with Crippen LogP contribution in [0.1, 0.15) is 34.1 Å². The minimum Gasteiger partial charge on any atom is -0.467 e. The van der Waals surface area contributed by atoms with E-state index >= 15 is 0 Å². The Labute approximate surface area is 165 Å². The Hall–Kier alpha value is -1.93. The molecule has 0 aliphatic carbocycles. The van der Waals surface area contributed by atoms with Gasteiger partial charge in [-0.2, -0.15) is 39.5 Å². The normalized spacial score (nSPS) is 15.9. The molecular formula is C15H20F9NO5. The molecule has 0 fully saturated rings. The molecule has 1 amide bonds. The van der Waals surface area contributed by atoms with Crippen molar-refractivity contribution in [3.8, 4) is 0 Å². The van der Waals surface area contributed by atoms with Crippen LogP contribution in [0.3, 0.4) is 0 Å². The molecule has 0 aliphatic rings. The zero-order chi connectivity index (χ0) is 24.3. The first-order chi connectivity index (χ1) is 13.1. The van der Waals surface area contributed by atoms with Crippen LogP contribution in [0.2, 0.25) is 0 Å². The van der Waals surface area contributed by atoms with Crippen molar-refractivity contribution in [1.82, 2.24) is 5.32 Å². The number of carbonyl (C=O) groups excluding carboxylic acids is 2. The summed E-state index contributed by atoms with van der Waals surface area (Å²) in [4.78, 5) is 23.4. The standard InChI is InChI=1S/C15H20F9NO5/c1-7(6-8(9(26)28-5)25-10(27)30-11(2,3)4)29-12(13(16,17)18,14(19,20)21)15(22,23)24/h7-8H,6H2,1-5H3,(H,25,27). The zero-order valence-corrected chi connectivity index (χ0v) is 16.3. The quantitative estimate of drug-likeness (QED) is 0.469. The number of hydrogen-bond acceptors (Lipinski definition) is 5. The smallest absolute Gasteiger partial charge is 0.435 e. The Bertz CT molecular complexity index is 572. The summed E-state index contributed by atoms with van der Waals surface area (Å²) >= 11 is 0. The van der Waals surface area contributed by atoms with Crippen LogP contribution in [0.5, 0.6) is 0 Å². The fourth-order valence-electron chi connectivity index (χ4n) is 2.17. The molecule has 30 heavy (non-hydrogen) atoms. The van der Waals surface area contributed by atoms with Gasteiger partial charge >= 0.3 is 36.2 Å². The Kier molecular flexibility index (Phi) is 8.47. The molecule has 0 aromatic rings. The van der Waals surface area contributed by atoms with Crippen molar-refractivity contribution < 1.29 is 63.3 Å². The predicted octanol–water partition coefficient (Wildman–Crippen LogP) is 4.27.